The van der Waals surface area contributed by atoms with Crippen LogP contribution in [0, 0.1) is 0 Å². The lowest BCUT2D eigenvalue weighted by Crippen LogP contribution is -2.40. The Hall–Kier alpha value is -0.950. The van der Waals surface area contributed by atoms with Crippen molar-refractivity contribution in [1.82, 2.24) is 9.55 Å². The number of nitrogens with zero attached hydrogens (tertiary/aromatic N) is 1. The quantitative estimate of drug-likeness (QED) is 0.250. The second-order valence-electron chi connectivity index (χ2n) is 4.55. The zero-order valence-electron chi connectivity index (χ0n) is 11.8. The summed E-state index contributed by atoms with van der Waals surface area (Å²) in [6.45, 7) is -4.67. The molecule has 1 saturated heterocycles. The Morgan fingerprint density at radius 3 is 2.65 bits per heavy atom. The minimum atomic E-state index is -4.10. The second kappa shape index (κ2) is 7.30. The maximum atomic E-state index is 11.9. The lowest BCUT2D eigenvalue weighted by molar-refractivity contribution is -0.326. The van der Waals surface area contributed by atoms with Crippen molar-refractivity contribution in [3.8, 4) is 0 Å². The van der Waals surface area contributed by atoms with Crippen molar-refractivity contribution in [3.05, 3.63) is 33.1 Å². The molecule has 0 aliphatic carbocycles. The molecule has 13 heteroatoms. The summed E-state index contributed by atoms with van der Waals surface area (Å²) in [6, 6.07) is 1.08. The zero-order valence-corrected chi connectivity index (χ0v) is 13.5. The third kappa shape index (κ3) is 4.32. The molecule has 1 aliphatic rings. The molecule has 2 heterocycles. The predicted molar refractivity (Wildman–Crippen MR) is 77.8 cm³/mol. The summed E-state index contributed by atoms with van der Waals surface area (Å²) >= 11 is 4.41. The number of nitrogens with one attached hydrogen (secondary N) is 1. The van der Waals surface area contributed by atoms with Crippen LogP contribution in [0.5, 0.6) is 0 Å². The van der Waals surface area contributed by atoms with E-state index >= 15 is 0 Å². The first-order valence-electron chi connectivity index (χ1n) is 6.28. The standard InChI is InChI=1S/C10H15N2O9PS/c1-18-20-8-7(21-22(16,17)23)5(4-13)19-9(8)12-3-2-6(14)11-10(12)15/h2-3,5,7-9,13H,4H2,1H3,(H,11,14,15)(H2,16,17,23)/t5-,7-,8-,9-/m1/s1. The fourth-order valence-corrected chi connectivity index (χ4v) is 3.08. The largest absolute Gasteiger partial charge is 0.394 e. The first-order chi connectivity index (χ1) is 10.8. The Balaban J connectivity index is 2.40. The molecule has 0 aromatic carbocycles. The molecule has 0 amide bonds. The molecule has 0 unspecified atom stereocenters. The van der Waals surface area contributed by atoms with Crippen LogP contribution >= 0.6 is 6.72 Å². The van der Waals surface area contributed by atoms with Gasteiger partial charge < -0.3 is 19.6 Å². The van der Waals surface area contributed by atoms with Crippen molar-refractivity contribution >= 4 is 18.5 Å². The summed E-state index contributed by atoms with van der Waals surface area (Å²) in [7, 11) is 1.18. The van der Waals surface area contributed by atoms with Gasteiger partial charge in [0.2, 0.25) is 0 Å². The summed E-state index contributed by atoms with van der Waals surface area (Å²) in [5.74, 6) is 0. The maximum Gasteiger partial charge on any atom is 0.330 e. The van der Waals surface area contributed by atoms with Crippen LogP contribution in [0.15, 0.2) is 21.9 Å². The van der Waals surface area contributed by atoms with E-state index in [1.807, 2.05) is 4.98 Å². The number of hydrogen-bond acceptors (Lipinski definition) is 8. The Morgan fingerprint density at radius 2 is 2.13 bits per heavy atom. The Bertz CT molecular complexity index is 700. The fourth-order valence-electron chi connectivity index (χ4n) is 2.21. The van der Waals surface area contributed by atoms with Gasteiger partial charge in [-0.05, 0) is 11.8 Å². The lowest BCUT2D eigenvalue weighted by Gasteiger charge is -2.24. The molecular weight excluding hydrogens is 355 g/mol. The average Bonchev–Trinajstić information content (AvgIpc) is 2.76. The SMILES string of the molecule is COO[C@@H]1[C@H](OP(O)(O)=S)[C@@H](CO)O[C@H]1n1ccc(=O)[nH]c1=O. The van der Waals surface area contributed by atoms with E-state index in [-0.39, 0.29) is 0 Å². The number of hydrogen-bond donors (Lipinski definition) is 4. The molecule has 1 fully saturated rings. The van der Waals surface area contributed by atoms with Crippen molar-refractivity contribution in [1.29, 1.82) is 0 Å². The van der Waals surface area contributed by atoms with Crippen molar-refractivity contribution in [2.75, 3.05) is 13.7 Å². The van der Waals surface area contributed by atoms with Crippen LogP contribution in [0.25, 0.3) is 0 Å². The monoisotopic (exact) mass is 370 g/mol. The maximum absolute atomic E-state index is 11.9. The molecule has 0 radical (unpaired) electrons. The highest BCUT2D eigenvalue weighted by molar-refractivity contribution is 8.06. The molecule has 1 aromatic rings. The van der Waals surface area contributed by atoms with Gasteiger partial charge >= 0.3 is 12.4 Å². The van der Waals surface area contributed by atoms with Gasteiger partial charge in [0, 0.05) is 12.3 Å². The van der Waals surface area contributed by atoms with Crippen molar-refractivity contribution in [2.24, 2.45) is 0 Å². The van der Waals surface area contributed by atoms with Gasteiger partial charge in [-0.15, -0.1) is 0 Å². The first kappa shape index (κ1) is 18.4. The predicted octanol–water partition coefficient (Wildman–Crippen LogP) is -2.03. The fraction of sp³-hybridized carbons (Fsp3) is 0.600. The molecule has 4 atom stereocenters. The van der Waals surface area contributed by atoms with Gasteiger partial charge in [-0.1, -0.05) is 0 Å². The topological polar surface area (TPSA) is 152 Å². The number of ether oxygens (including phenoxy) is 1. The summed E-state index contributed by atoms with van der Waals surface area (Å²) in [5.41, 5.74) is -1.40. The minimum Gasteiger partial charge on any atom is -0.394 e. The summed E-state index contributed by atoms with van der Waals surface area (Å²) in [5, 5.41) is 9.37. The zero-order chi connectivity index (χ0) is 17.2. The van der Waals surface area contributed by atoms with E-state index in [1.54, 1.807) is 0 Å². The molecule has 0 spiro atoms. The van der Waals surface area contributed by atoms with Crippen molar-refractivity contribution < 1.29 is 33.9 Å². The van der Waals surface area contributed by atoms with Crippen LogP contribution in [-0.4, -0.2) is 56.5 Å². The van der Waals surface area contributed by atoms with Crippen molar-refractivity contribution in [2.45, 2.75) is 24.5 Å². The number of aliphatic hydroxyl groups excluding tert-OH is 1. The number of rotatable bonds is 6. The molecule has 11 nitrogen and oxygen atoms in total. The van der Waals surface area contributed by atoms with Gasteiger partial charge in [0.1, 0.15) is 12.2 Å². The first-order valence-corrected chi connectivity index (χ1v) is 8.90. The normalized spacial score (nSPS) is 28.2. The van der Waals surface area contributed by atoms with Gasteiger partial charge in [0.05, 0.1) is 13.7 Å². The van der Waals surface area contributed by atoms with E-state index in [0.717, 1.165) is 16.8 Å². The van der Waals surface area contributed by atoms with Gasteiger partial charge in [-0.25, -0.2) is 14.6 Å². The van der Waals surface area contributed by atoms with Crippen LogP contribution in [0.2, 0.25) is 0 Å². The number of aromatic nitrogens is 2. The number of aliphatic hydroxyl groups is 1. The number of aromatic amines is 1. The highest BCUT2D eigenvalue weighted by Crippen LogP contribution is 2.44. The molecule has 23 heavy (non-hydrogen) atoms. The summed E-state index contributed by atoms with van der Waals surface area (Å²) in [4.78, 5) is 53.3. The van der Waals surface area contributed by atoms with Gasteiger partial charge in [-0.2, -0.15) is 0 Å². The molecule has 1 aliphatic heterocycles. The second-order valence-corrected chi connectivity index (χ2v) is 7.17. The van der Waals surface area contributed by atoms with Crippen LogP contribution < -0.4 is 11.2 Å². The lowest BCUT2D eigenvalue weighted by atomic mass is 10.1. The van der Waals surface area contributed by atoms with E-state index in [1.165, 1.54) is 7.11 Å². The van der Waals surface area contributed by atoms with Crippen molar-refractivity contribution in [3.63, 3.8) is 0 Å². The van der Waals surface area contributed by atoms with E-state index in [9.17, 15) is 24.5 Å². The Labute approximate surface area is 134 Å². The molecule has 4 N–H and O–H groups in total. The molecule has 0 saturated carbocycles. The Kier molecular flexibility index (Phi) is 5.84. The third-order valence-electron chi connectivity index (χ3n) is 3.06. The van der Waals surface area contributed by atoms with E-state index in [0.29, 0.717) is 0 Å². The van der Waals surface area contributed by atoms with Crippen LogP contribution in [0.3, 0.4) is 0 Å². The van der Waals surface area contributed by atoms with E-state index in [4.69, 9.17) is 14.1 Å². The molecular formula is C10H15N2O9PS. The van der Waals surface area contributed by atoms with Crippen LogP contribution in [0.1, 0.15) is 6.23 Å². The van der Waals surface area contributed by atoms with Gasteiger partial charge in [0.25, 0.3) is 5.56 Å². The molecule has 1 aromatic heterocycles. The molecule has 0 bridgehead atoms. The highest BCUT2D eigenvalue weighted by atomic mass is 32.5. The van der Waals surface area contributed by atoms with Gasteiger partial charge in [-0.3, -0.25) is 18.9 Å². The Morgan fingerprint density at radius 1 is 1.43 bits per heavy atom. The minimum absolute atomic E-state index is 0.571. The van der Waals surface area contributed by atoms with E-state index < -0.39 is 49.1 Å². The smallest absolute Gasteiger partial charge is 0.330 e. The summed E-state index contributed by atoms with van der Waals surface area (Å²) < 4.78 is 11.4. The molecule has 130 valence electrons. The average molecular weight is 370 g/mol. The number of H-pyrrole nitrogens is 1. The third-order valence-corrected chi connectivity index (χ3v) is 3.83. The highest BCUT2D eigenvalue weighted by Gasteiger charge is 2.50. The van der Waals surface area contributed by atoms with Gasteiger partial charge in [0.15, 0.2) is 12.3 Å². The van der Waals surface area contributed by atoms with Crippen LogP contribution in [-0.2, 0) is 30.8 Å². The van der Waals surface area contributed by atoms with Crippen LogP contribution in [0.4, 0.5) is 0 Å². The molecule has 2 rings (SSSR count). The van der Waals surface area contributed by atoms with E-state index in [2.05, 4.69) is 16.7 Å². The summed E-state index contributed by atoms with van der Waals surface area (Å²) in [6.07, 6.45) is -3.46.